The van der Waals surface area contributed by atoms with Gasteiger partial charge in [-0.25, -0.2) is 17.9 Å². The van der Waals surface area contributed by atoms with Crippen molar-refractivity contribution in [3.63, 3.8) is 0 Å². The van der Waals surface area contributed by atoms with Crippen LogP contribution in [0.15, 0.2) is 47.4 Å². The Kier molecular flexibility index (Phi) is 8.19. The van der Waals surface area contributed by atoms with Crippen molar-refractivity contribution in [3.05, 3.63) is 53.6 Å². The molecule has 1 amide bonds. The topological polar surface area (TPSA) is 120 Å². The molecule has 0 aliphatic heterocycles. The Balaban J connectivity index is 1.84. The maximum atomic E-state index is 12.4. The summed E-state index contributed by atoms with van der Waals surface area (Å²) in [4.78, 5) is 23.4. The van der Waals surface area contributed by atoms with Crippen molar-refractivity contribution in [1.82, 2.24) is 10.0 Å². The third kappa shape index (κ3) is 6.19. The Bertz CT molecular complexity index is 989. The van der Waals surface area contributed by atoms with Gasteiger partial charge in [-0.3, -0.25) is 4.79 Å². The highest BCUT2D eigenvalue weighted by molar-refractivity contribution is 7.89. The van der Waals surface area contributed by atoms with E-state index >= 15 is 0 Å². The van der Waals surface area contributed by atoms with Crippen LogP contribution >= 0.6 is 0 Å². The molecular weight excluding hydrogens is 412 g/mol. The molecule has 9 nitrogen and oxygen atoms in total. The molecule has 0 spiro atoms. The summed E-state index contributed by atoms with van der Waals surface area (Å²) in [5.74, 6) is -0.0545. The second-order valence-corrected chi connectivity index (χ2v) is 7.90. The third-order valence-electron chi connectivity index (χ3n) is 4.17. The predicted octanol–water partition coefficient (Wildman–Crippen LogP) is 1.48. The number of carbonyl (C=O) groups is 2. The molecule has 2 aromatic rings. The Morgan fingerprint density at radius 1 is 0.933 bits per heavy atom. The summed E-state index contributed by atoms with van der Waals surface area (Å²) in [5, 5.41) is 2.69. The van der Waals surface area contributed by atoms with Gasteiger partial charge < -0.3 is 19.5 Å². The molecule has 0 unspecified atom stereocenters. The summed E-state index contributed by atoms with van der Waals surface area (Å²) in [6, 6.07) is 10.8. The highest BCUT2D eigenvalue weighted by Gasteiger charge is 2.17. The van der Waals surface area contributed by atoms with E-state index in [0.717, 1.165) is 5.56 Å². The number of nitrogens with one attached hydrogen (secondary N) is 2. The van der Waals surface area contributed by atoms with Crippen LogP contribution in [-0.2, 0) is 26.1 Å². The van der Waals surface area contributed by atoms with E-state index < -0.39 is 16.0 Å². The van der Waals surface area contributed by atoms with Crippen LogP contribution in [0, 0.1) is 0 Å². The second-order valence-electron chi connectivity index (χ2n) is 6.13. The van der Waals surface area contributed by atoms with Crippen molar-refractivity contribution in [2.75, 3.05) is 27.9 Å². The Morgan fingerprint density at radius 2 is 1.60 bits per heavy atom. The van der Waals surface area contributed by atoms with Crippen LogP contribution in [0.2, 0.25) is 0 Å². The van der Waals surface area contributed by atoms with Crippen LogP contribution in [0.1, 0.15) is 22.3 Å². The van der Waals surface area contributed by atoms with Crippen LogP contribution in [0.5, 0.6) is 11.5 Å². The van der Waals surface area contributed by atoms with Gasteiger partial charge in [-0.2, -0.15) is 0 Å². The summed E-state index contributed by atoms with van der Waals surface area (Å²) in [5.41, 5.74) is 1.21. The molecule has 2 rings (SSSR count). The first-order chi connectivity index (χ1) is 14.3. The van der Waals surface area contributed by atoms with E-state index in [1.165, 1.54) is 39.5 Å². The number of esters is 1. The van der Waals surface area contributed by atoms with Crippen molar-refractivity contribution >= 4 is 21.9 Å². The van der Waals surface area contributed by atoms with Gasteiger partial charge in [0.25, 0.3) is 0 Å². The number of sulfonamides is 1. The monoisotopic (exact) mass is 436 g/mol. The Morgan fingerprint density at radius 3 is 2.20 bits per heavy atom. The lowest BCUT2D eigenvalue weighted by atomic mass is 10.1. The lowest BCUT2D eigenvalue weighted by Gasteiger charge is -2.11. The number of methoxy groups -OCH3 is 3. The predicted molar refractivity (Wildman–Crippen MR) is 109 cm³/mol. The smallest absolute Gasteiger partial charge is 0.337 e. The molecule has 2 N–H and O–H groups in total. The lowest BCUT2D eigenvalue weighted by Crippen LogP contribution is -2.30. The molecule has 2 aromatic carbocycles. The van der Waals surface area contributed by atoms with E-state index in [4.69, 9.17) is 9.47 Å². The van der Waals surface area contributed by atoms with Crippen molar-refractivity contribution in [1.29, 1.82) is 0 Å². The molecular formula is C20H24N2O7S. The van der Waals surface area contributed by atoms with Gasteiger partial charge >= 0.3 is 5.97 Å². The number of amides is 1. The molecule has 0 aromatic heterocycles. The highest BCUT2D eigenvalue weighted by atomic mass is 32.2. The molecule has 162 valence electrons. The molecule has 10 heteroatoms. The van der Waals surface area contributed by atoms with Gasteiger partial charge in [0.05, 0.1) is 31.8 Å². The summed E-state index contributed by atoms with van der Waals surface area (Å²) in [6.45, 7) is 0.187. The van der Waals surface area contributed by atoms with E-state index in [-0.39, 0.29) is 36.1 Å². The summed E-state index contributed by atoms with van der Waals surface area (Å²) in [7, 11) is 0.362. The number of carbonyl (C=O) groups excluding carboxylic acids is 2. The first-order valence-electron chi connectivity index (χ1n) is 8.96. The minimum atomic E-state index is -3.81. The standard InChI is InChI=1S/C20H24N2O7S/c1-27-17-9-8-16(12-18(17)28-2)30(25,26)22-11-10-19(23)21-13-14-4-6-15(7-5-14)20(24)29-3/h4-9,12,22H,10-11,13H2,1-3H3,(H,21,23). The maximum Gasteiger partial charge on any atom is 0.337 e. The fraction of sp³-hybridized carbons (Fsp3) is 0.300. The summed E-state index contributed by atoms with van der Waals surface area (Å²) >= 11 is 0. The maximum absolute atomic E-state index is 12.4. The zero-order valence-electron chi connectivity index (χ0n) is 16.9. The molecule has 30 heavy (non-hydrogen) atoms. The average molecular weight is 436 g/mol. The average Bonchev–Trinajstić information content (AvgIpc) is 2.76. The molecule has 0 heterocycles. The second kappa shape index (κ2) is 10.6. The van der Waals surface area contributed by atoms with Crippen molar-refractivity contribution in [2.45, 2.75) is 17.9 Å². The molecule has 0 saturated heterocycles. The van der Waals surface area contributed by atoms with Gasteiger partial charge in [-0.15, -0.1) is 0 Å². The molecule has 0 atom stereocenters. The minimum absolute atomic E-state index is 0.00579. The summed E-state index contributed by atoms with van der Waals surface area (Å²) in [6.07, 6.45) is -0.0350. The number of hydrogen-bond donors (Lipinski definition) is 2. The van der Waals surface area contributed by atoms with Crippen LogP contribution < -0.4 is 19.5 Å². The first kappa shape index (κ1) is 23.2. The Labute approximate surface area is 175 Å². The number of ether oxygens (including phenoxy) is 3. The SMILES string of the molecule is COC(=O)c1ccc(CNC(=O)CCNS(=O)(=O)c2ccc(OC)c(OC)c2)cc1. The van der Waals surface area contributed by atoms with Crippen LogP contribution in [0.25, 0.3) is 0 Å². The highest BCUT2D eigenvalue weighted by Crippen LogP contribution is 2.29. The minimum Gasteiger partial charge on any atom is -0.493 e. The quantitative estimate of drug-likeness (QED) is 0.541. The van der Waals surface area contributed by atoms with E-state index in [2.05, 4.69) is 14.8 Å². The third-order valence-corrected chi connectivity index (χ3v) is 5.63. The normalized spacial score (nSPS) is 10.9. The van der Waals surface area contributed by atoms with Gasteiger partial charge in [0.2, 0.25) is 15.9 Å². The van der Waals surface area contributed by atoms with Crippen LogP contribution in [0.3, 0.4) is 0 Å². The van der Waals surface area contributed by atoms with Crippen molar-refractivity contribution < 1.29 is 32.2 Å². The Hall–Kier alpha value is -3.11. The van der Waals surface area contributed by atoms with Crippen molar-refractivity contribution in [2.24, 2.45) is 0 Å². The number of benzene rings is 2. The molecule has 0 fully saturated rings. The fourth-order valence-electron chi connectivity index (χ4n) is 2.53. The number of rotatable bonds is 10. The fourth-order valence-corrected chi connectivity index (χ4v) is 3.58. The molecule has 0 aliphatic rings. The van der Waals surface area contributed by atoms with Gasteiger partial charge in [0.15, 0.2) is 11.5 Å². The number of hydrogen-bond acceptors (Lipinski definition) is 7. The lowest BCUT2D eigenvalue weighted by molar-refractivity contribution is -0.121. The molecule has 0 bridgehead atoms. The van der Waals surface area contributed by atoms with E-state index in [0.29, 0.717) is 11.3 Å². The first-order valence-corrected chi connectivity index (χ1v) is 10.4. The van der Waals surface area contributed by atoms with Gasteiger partial charge in [-0.1, -0.05) is 12.1 Å². The van der Waals surface area contributed by atoms with Crippen molar-refractivity contribution in [3.8, 4) is 11.5 Å². The summed E-state index contributed by atoms with van der Waals surface area (Å²) < 4.78 is 42.0. The van der Waals surface area contributed by atoms with E-state index in [1.54, 1.807) is 24.3 Å². The van der Waals surface area contributed by atoms with Crippen LogP contribution in [-0.4, -0.2) is 48.2 Å². The molecule has 0 aliphatic carbocycles. The zero-order chi connectivity index (χ0) is 22.1. The van der Waals surface area contributed by atoms with E-state index in [1.807, 2.05) is 0 Å². The largest absolute Gasteiger partial charge is 0.493 e. The van der Waals surface area contributed by atoms with E-state index in [9.17, 15) is 18.0 Å². The molecule has 0 radical (unpaired) electrons. The van der Waals surface area contributed by atoms with Gasteiger partial charge in [-0.05, 0) is 29.8 Å². The van der Waals surface area contributed by atoms with Crippen LogP contribution in [0.4, 0.5) is 0 Å². The van der Waals surface area contributed by atoms with Gasteiger partial charge in [0.1, 0.15) is 0 Å². The molecule has 0 saturated carbocycles. The zero-order valence-corrected chi connectivity index (χ0v) is 17.7. The van der Waals surface area contributed by atoms with Gasteiger partial charge in [0, 0.05) is 25.6 Å².